The van der Waals surface area contributed by atoms with Crippen LogP contribution in [0.5, 0.6) is 5.75 Å². The van der Waals surface area contributed by atoms with E-state index >= 15 is 0 Å². The molecule has 2 heterocycles. The van der Waals surface area contributed by atoms with Crippen LogP contribution in [0.3, 0.4) is 0 Å². The van der Waals surface area contributed by atoms with Gasteiger partial charge in [0.05, 0.1) is 11.5 Å². The average molecular weight is 428 g/mol. The number of benzene rings is 1. The first-order chi connectivity index (χ1) is 11.8. The summed E-state index contributed by atoms with van der Waals surface area (Å²) in [6.07, 6.45) is 0.463. The lowest BCUT2D eigenvalue weighted by atomic mass is 10.2. The summed E-state index contributed by atoms with van der Waals surface area (Å²) in [5, 5.41) is 0. The first kappa shape index (κ1) is 18.0. The number of carbonyl (C=O) groups is 1. The summed E-state index contributed by atoms with van der Waals surface area (Å²) >= 11 is 3.36. The Morgan fingerprint density at radius 2 is 2.00 bits per heavy atom. The number of ether oxygens (including phenoxy) is 1. The Bertz CT molecular complexity index is 859. The average Bonchev–Trinajstić information content (AvgIpc) is 3.19. The second-order valence-electron chi connectivity index (χ2n) is 5.98. The van der Waals surface area contributed by atoms with Crippen LogP contribution in [0.1, 0.15) is 22.7 Å². The van der Waals surface area contributed by atoms with Crippen LogP contribution < -0.4 is 4.74 Å². The maximum atomic E-state index is 12.5. The van der Waals surface area contributed by atoms with Gasteiger partial charge < -0.3 is 14.1 Å². The van der Waals surface area contributed by atoms with Crippen molar-refractivity contribution in [3.05, 3.63) is 52.4 Å². The van der Waals surface area contributed by atoms with Crippen molar-refractivity contribution >= 4 is 31.7 Å². The molecule has 1 fully saturated rings. The van der Waals surface area contributed by atoms with Crippen molar-refractivity contribution in [2.45, 2.75) is 19.1 Å². The zero-order chi connectivity index (χ0) is 18.0. The highest BCUT2D eigenvalue weighted by atomic mass is 79.9. The van der Waals surface area contributed by atoms with E-state index in [1.54, 1.807) is 19.2 Å². The SMILES string of the molecule is CN(C(=O)c1ccc(COc2ccc(Br)cc2)o1)[C@H]1CCS(=O)(=O)C1. The molecule has 1 aliphatic rings. The van der Waals surface area contributed by atoms with E-state index in [1.165, 1.54) is 4.90 Å². The van der Waals surface area contributed by atoms with Crippen molar-refractivity contribution in [2.75, 3.05) is 18.6 Å². The van der Waals surface area contributed by atoms with Gasteiger partial charge in [0, 0.05) is 17.6 Å². The Morgan fingerprint density at radius 1 is 1.28 bits per heavy atom. The largest absolute Gasteiger partial charge is 0.486 e. The number of rotatable bonds is 5. The molecule has 0 radical (unpaired) electrons. The van der Waals surface area contributed by atoms with Crippen molar-refractivity contribution in [1.82, 2.24) is 4.90 Å². The summed E-state index contributed by atoms with van der Waals surface area (Å²) in [5.74, 6) is 1.22. The lowest BCUT2D eigenvalue weighted by Gasteiger charge is -2.22. The van der Waals surface area contributed by atoms with Crippen LogP contribution in [-0.4, -0.2) is 43.8 Å². The molecular formula is C17H18BrNO5S. The molecule has 25 heavy (non-hydrogen) atoms. The molecule has 1 saturated heterocycles. The Labute approximate surface area is 154 Å². The number of hydrogen-bond acceptors (Lipinski definition) is 5. The summed E-state index contributed by atoms with van der Waals surface area (Å²) < 4.78 is 35.3. The van der Waals surface area contributed by atoms with Crippen LogP contribution >= 0.6 is 15.9 Å². The van der Waals surface area contributed by atoms with Gasteiger partial charge in [-0.3, -0.25) is 4.79 Å². The predicted octanol–water partition coefficient (Wildman–Crippen LogP) is 2.88. The zero-order valence-electron chi connectivity index (χ0n) is 13.6. The predicted molar refractivity (Wildman–Crippen MR) is 96.3 cm³/mol. The van der Waals surface area contributed by atoms with Crippen LogP contribution in [0.2, 0.25) is 0 Å². The number of amides is 1. The minimum Gasteiger partial charge on any atom is -0.486 e. The molecular weight excluding hydrogens is 410 g/mol. The molecule has 0 unspecified atom stereocenters. The molecule has 8 heteroatoms. The number of nitrogens with zero attached hydrogens (tertiary/aromatic N) is 1. The summed E-state index contributed by atoms with van der Waals surface area (Å²) in [7, 11) is -1.44. The van der Waals surface area contributed by atoms with Gasteiger partial charge in [-0.1, -0.05) is 15.9 Å². The van der Waals surface area contributed by atoms with Gasteiger partial charge in [-0.15, -0.1) is 0 Å². The van der Waals surface area contributed by atoms with Crippen LogP contribution in [0, 0.1) is 0 Å². The van der Waals surface area contributed by atoms with Crippen molar-refractivity contribution in [3.63, 3.8) is 0 Å². The first-order valence-electron chi connectivity index (χ1n) is 7.79. The molecule has 0 spiro atoms. The van der Waals surface area contributed by atoms with Gasteiger partial charge in [-0.05, 0) is 42.8 Å². The third kappa shape index (κ3) is 4.43. The maximum Gasteiger partial charge on any atom is 0.289 e. The highest BCUT2D eigenvalue weighted by Crippen LogP contribution is 2.21. The second kappa shape index (κ2) is 7.21. The lowest BCUT2D eigenvalue weighted by molar-refractivity contribution is 0.0711. The molecule has 3 rings (SSSR count). The standard InChI is InChI=1S/C17H18BrNO5S/c1-19(13-8-9-25(21,22)11-13)17(20)16-7-6-15(24-16)10-23-14-4-2-12(18)3-5-14/h2-7,13H,8-11H2,1H3/t13-/m0/s1. The first-order valence-corrected chi connectivity index (χ1v) is 10.4. The zero-order valence-corrected chi connectivity index (χ0v) is 16.0. The molecule has 0 N–H and O–H groups in total. The van der Waals surface area contributed by atoms with E-state index in [1.807, 2.05) is 24.3 Å². The van der Waals surface area contributed by atoms with Gasteiger partial charge in [0.25, 0.3) is 5.91 Å². The molecule has 1 aliphatic heterocycles. The van der Waals surface area contributed by atoms with E-state index in [0.29, 0.717) is 17.9 Å². The fraction of sp³-hybridized carbons (Fsp3) is 0.353. The molecule has 1 aromatic carbocycles. The second-order valence-corrected chi connectivity index (χ2v) is 9.13. The Kier molecular flexibility index (Phi) is 5.19. The maximum absolute atomic E-state index is 12.5. The van der Waals surface area contributed by atoms with Crippen LogP contribution in [0.15, 0.2) is 45.3 Å². The molecule has 2 aromatic rings. The molecule has 1 atom stereocenters. The van der Waals surface area contributed by atoms with Gasteiger partial charge in [0.1, 0.15) is 18.1 Å². The monoisotopic (exact) mass is 427 g/mol. The number of hydrogen-bond donors (Lipinski definition) is 0. The third-order valence-corrected chi connectivity index (χ3v) is 6.42. The number of sulfone groups is 1. The topological polar surface area (TPSA) is 76.8 Å². The van der Waals surface area contributed by atoms with Crippen molar-refractivity contribution in [1.29, 1.82) is 0 Å². The molecule has 0 saturated carbocycles. The summed E-state index contributed by atoms with van der Waals surface area (Å²) in [5.41, 5.74) is 0. The molecule has 1 aromatic heterocycles. The lowest BCUT2D eigenvalue weighted by Crippen LogP contribution is -2.37. The van der Waals surface area contributed by atoms with E-state index in [-0.39, 0.29) is 35.8 Å². The Morgan fingerprint density at radius 3 is 2.64 bits per heavy atom. The fourth-order valence-electron chi connectivity index (χ4n) is 2.68. The number of furan rings is 1. The normalized spacial score (nSPS) is 18.9. The summed E-state index contributed by atoms with van der Waals surface area (Å²) in [6.45, 7) is 0.205. The smallest absolute Gasteiger partial charge is 0.289 e. The quantitative estimate of drug-likeness (QED) is 0.732. The van der Waals surface area contributed by atoms with Gasteiger partial charge in [-0.2, -0.15) is 0 Å². The minimum atomic E-state index is -3.04. The van der Waals surface area contributed by atoms with E-state index < -0.39 is 9.84 Å². The highest BCUT2D eigenvalue weighted by Gasteiger charge is 2.33. The summed E-state index contributed by atoms with van der Waals surface area (Å²) in [4.78, 5) is 13.9. The van der Waals surface area contributed by atoms with Crippen molar-refractivity contribution in [2.24, 2.45) is 0 Å². The van der Waals surface area contributed by atoms with Gasteiger partial charge in [0.15, 0.2) is 15.6 Å². The van der Waals surface area contributed by atoms with Gasteiger partial charge >= 0.3 is 0 Å². The van der Waals surface area contributed by atoms with E-state index in [4.69, 9.17) is 9.15 Å². The molecule has 6 nitrogen and oxygen atoms in total. The summed E-state index contributed by atoms with van der Waals surface area (Å²) in [6, 6.07) is 10.4. The number of carbonyl (C=O) groups excluding carboxylic acids is 1. The van der Waals surface area contributed by atoms with Crippen molar-refractivity contribution < 1.29 is 22.4 Å². The van der Waals surface area contributed by atoms with Crippen LogP contribution in [0.4, 0.5) is 0 Å². The van der Waals surface area contributed by atoms with Crippen LogP contribution in [0.25, 0.3) is 0 Å². The molecule has 134 valence electrons. The van der Waals surface area contributed by atoms with Crippen molar-refractivity contribution in [3.8, 4) is 5.75 Å². The molecule has 1 amide bonds. The number of halogens is 1. The molecule has 0 bridgehead atoms. The van der Waals surface area contributed by atoms with E-state index in [0.717, 1.165) is 4.47 Å². The van der Waals surface area contributed by atoms with E-state index in [9.17, 15) is 13.2 Å². The van der Waals surface area contributed by atoms with Crippen LogP contribution in [-0.2, 0) is 16.4 Å². The van der Waals surface area contributed by atoms with Gasteiger partial charge in [-0.25, -0.2) is 8.42 Å². The Balaban J connectivity index is 1.60. The fourth-order valence-corrected chi connectivity index (χ4v) is 4.71. The van der Waals surface area contributed by atoms with E-state index in [2.05, 4.69) is 15.9 Å². The minimum absolute atomic E-state index is 0.00941. The third-order valence-electron chi connectivity index (χ3n) is 4.14. The highest BCUT2D eigenvalue weighted by molar-refractivity contribution is 9.10. The molecule has 0 aliphatic carbocycles. The Hall–Kier alpha value is -1.80. The van der Waals surface area contributed by atoms with Gasteiger partial charge in [0.2, 0.25) is 0 Å².